The molecule has 8 heteroatoms. The summed E-state index contributed by atoms with van der Waals surface area (Å²) < 4.78 is 27.8. The van der Waals surface area contributed by atoms with Crippen molar-refractivity contribution in [3.05, 3.63) is 24.0 Å². The Morgan fingerprint density at radius 3 is 2.54 bits per heavy atom. The second kappa shape index (κ2) is 8.61. The smallest absolute Gasteiger partial charge is 0.242 e. The minimum atomic E-state index is -3.50. The number of amides is 1. The summed E-state index contributed by atoms with van der Waals surface area (Å²) in [4.78, 5) is 17.2. The van der Waals surface area contributed by atoms with Crippen LogP contribution < -0.4 is 5.32 Å². The molecule has 0 saturated heterocycles. The molecule has 0 bridgehead atoms. The van der Waals surface area contributed by atoms with Crippen molar-refractivity contribution in [1.82, 2.24) is 19.2 Å². The van der Waals surface area contributed by atoms with Gasteiger partial charge in [-0.1, -0.05) is 25.7 Å². The number of fused-ring (bicyclic) bond motifs is 1. The Bertz CT molecular complexity index is 942. The summed E-state index contributed by atoms with van der Waals surface area (Å²) in [5.41, 5.74) is 1.49. The fourth-order valence-corrected chi connectivity index (χ4v) is 4.70. The van der Waals surface area contributed by atoms with Crippen molar-refractivity contribution in [1.29, 1.82) is 0 Å². The zero-order valence-electron chi connectivity index (χ0n) is 16.9. The van der Waals surface area contributed by atoms with E-state index in [0.717, 1.165) is 24.2 Å². The lowest BCUT2D eigenvalue weighted by Crippen LogP contribution is -2.34. The van der Waals surface area contributed by atoms with Crippen LogP contribution in [0.15, 0.2) is 23.1 Å². The molecule has 1 saturated carbocycles. The number of rotatable bonds is 6. The van der Waals surface area contributed by atoms with Crippen LogP contribution >= 0.6 is 0 Å². The molecule has 3 rings (SSSR count). The molecular weight excluding hydrogens is 376 g/mol. The molecule has 154 valence electrons. The van der Waals surface area contributed by atoms with E-state index in [0.29, 0.717) is 24.4 Å². The monoisotopic (exact) mass is 406 g/mol. The number of carbonyl (C=O) groups is 1. The first-order valence-corrected chi connectivity index (χ1v) is 11.4. The first kappa shape index (κ1) is 20.8. The SMILES string of the molecule is CN(C)S(=O)(=O)c1ccc2c(c1)nc(CCC(=O)NC1CCCCCC1)n2C. The zero-order valence-corrected chi connectivity index (χ0v) is 17.8. The predicted octanol–water partition coefficient (Wildman–Crippen LogP) is 2.60. The highest BCUT2D eigenvalue weighted by Crippen LogP contribution is 2.22. The molecule has 0 spiro atoms. The molecule has 1 aromatic heterocycles. The topological polar surface area (TPSA) is 84.3 Å². The quantitative estimate of drug-likeness (QED) is 0.748. The Morgan fingerprint density at radius 2 is 1.89 bits per heavy atom. The summed E-state index contributed by atoms with van der Waals surface area (Å²) in [7, 11) is 1.42. The Balaban J connectivity index is 1.69. The molecule has 0 unspecified atom stereocenters. The van der Waals surface area contributed by atoms with Gasteiger partial charge in [0.25, 0.3) is 0 Å². The van der Waals surface area contributed by atoms with Crippen molar-refractivity contribution in [3.63, 3.8) is 0 Å². The van der Waals surface area contributed by atoms with Crippen molar-refractivity contribution in [2.45, 2.75) is 62.3 Å². The van der Waals surface area contributed by atoms with Crippen LogP contribution in [0.4, 0.5) is 0 Å². The first-order chi connectivity index (χ1) is 13.3. The molecule has 28 heavy (non-hydrogen) atoms. The number of imidazole rings is 1. The molecule has 2 aromatic rings. The number of sulfonamides is 1. The summed E-state index contributed by atoms with van der Waals surface area (Å²) in [5, 5.41) is 3.16. The van der Waals surface area contributed by atoms with Crippen LogP contribution in [0.25, 0.3) is 11.0 Å². The van der Waals surface area contributed by atoms with E-state index >= 15 is 0 Å². The second-order valence-electron chi connectivity index (χ2n) is 7.78. The highest BCUT2D eigenvalue weighted by Gasteiger charge is 2.20. The summed E-state index contributed by atoms with van der Waals surface area (Å²) in [6.07, 6.45) is 7.95. The van der Waals surface area contributed by atoms with Crippen molar-refractivity contribution >= 4 is 27.0 Å². The number of hydrogen-bond donors (Lipinski definition) is 1. The van der Waals surface area contributed by atoms with Crippen LogP contribution in [0, 0.1) is 0 Å². The van der Waals surface area contributed by atoms with E-state index in [2.05, 4.69) is 10.3 Å². The van der Waals surface area contributed by atoms with Crippen LogP contribution in [0.1, 0.15) is 50.8 Å². The lowest BCUT2D eigenvalue weighted by Gasteiger charge is -2.16. The van der Waals surface area contributed by atoms with E-state index in [1.807, 2.05) is 11.6 Å². The number of benzene rings is 1. The van der Waals surface area contributed by atoms with Gasteiger partial charge in [-0.05, 0) is 31.0 Å². The number of hydrogen-bond acceptors (Lipinski definition) is 4. The Kier molecular flexibility index (Phi) is 6.40. The number of aryl methyl sites for hydroxylation is 2. The van der Waals surface area contributed by atoms with Crippen LogP contribution in [0.5, 0.6) is 0 Å². The zero-order chi connectivity index (χ0) is 20.3. The third-order valence-electron chi connectivity index (χ3n) is 5.52. The largest absolute Gasteiger partial charge is 0.353 e. The van der Waals surface area contributed by atoms with Gasteiger partial charge in [0.15, 0.2) is 0 Å². The summed E-state index contributed by atoms with van der Waals surface area (Å²) in [5.74, 6) is 0.847. The van der Waals surface area contributed by atoms with E-state index in [4.69, 9.17) is 0 Å². The average molecular weight is 407 g/mol. The molecule has 1 amide bonds. The number of carbonyl (C=O) groups excluding carboxylic acids is 1. The molecule has 0 aliphatic heterocycles. The Morgan fingerprint density at radius 1 is 1.21 bits per heavy atom. The van der Waals surface area contributed by atoms with Crippen LogP contribution in [-0.4, -0.2) is 48.3 Å². The van der Waals surface area contributed by atoms with Gasteiger partial charge in [-0.15, -0.1) is 0 Å². The van der Waals surface area contributed by atoms with Crippen LogP contribution in [0.3, 0.4) is 0 Å². The van der Waals surface area contributed by atoms with Gasteiger partial charge in [0, 0.05) is 40.0 Å². The van der Waals surface area contributed by atoms with Gasteiger partial charge in [0.1, 0.15) is 5.82 Å². The van der Waals surface area contributed by atoms with Gasteiger partial charge in [0.05, 0.1) is 15.9 Å². The van der Waals surface area contributed by atoms with Crippen molar-refractivity contribution in [2.24, 2.45) is 7.05 Å². The number of aromatic nitrogens is 2. The van der Waals surface area contributed by atoms with Gasteiger partial charge in [-0.25, -0.2) is 17.7 Å². The van der Waals surface area contributed by atoms with Crippen molar-refractivity contribution in [2.75, 3.05) is 14.1 Å². The van der Waals surface area contributed by atoms with E-state index in [1.165, 1.54) is 44.1 Å². The van der Waals surface area contributed by atoms with Gasteiger partial charge < -0.3 is 9.88 Å². The van der Waals surface area contributed by atoms with E-state index < -0.39 is 10.0 Å². The summed E-state index contributed by atoms with van der Waals surface area (Å²) in [6.45, 7) is 0. The van der Waals surface area contributed by atoms with E-state index in [9.17, 15) is 13.2 Å². The maximum absolute atomic E-state index is 12.4. The molecule has 1 fully saturated rings. The fourth-order valence-electron chi connectivity index (χ4n) is 3.77. The lowest BCUT2D eigenvalue weighted by molar-refractivity contribution is -0.121. The Labute approximate surface area is 167 Å². The third kappa shape index (κ3) is 4.55. The van der Waals surface area contributed by atoms with Gasteiger partial charge in [0.2, 0.25) is 15.9 Å². The van der Waals surface area contributed by atoms with Crippen molar-refractivity contribution < 1.29 is 13.2 Å². The third-order valence-corrected chi connectivity index (χ3v) is 7.33. The number of nitrogens with zero attached hydrogens (tertiary/aromatic N) is 3. The van der Waals surface area contributed by atoms with Crippen LogP contribution in [-0.2, 0) is 28.3 Å². The highest BCUT2D eigenvalue weighted by atomic mass is 32.2. The molecule has 1 aliphatic carbocycles. The molecule has 0 radical (unpaired) electrons. The molecule has 0 atom stereocenters. The van der Waals surface area contributed by atoms with E-state index in [1.54, 1.807) is 18.2 Å². The molecule has 1 aromatic carbocycles. The molecule has 1 heterocycles. The normalized spacial score (nSPS) is 16.4. The molecule has 1 aliphatic rings. The van der Waals surface area contributed by atoms with Crippen molar-refractivity contribution in [3.8, 4) is 0 Å². The fraction of sp³-hybridized carbons (Fsp3) is 0.600. The maximum Gasteiger partial charge on any atom is 0.242 e. The number of nitrogens with one attached hydrogen (secondary N) is 1. The van der Waals surface area contributed by atoms with Crippen LogP contribution in [0.2, 0.25) is 0 Å². The van der Waals surface area contributed by atoms with Gasteiger partial charge in [-0.3, -0.25) is 4.79 Å². The molecular formula is C20H30N4O3S. The standard InChI is InChI=1S/C20H30N4O3S/c1-23(2)28(26,27)16-10-11-18-17(14-16)22-19(24(18)3)12-13-20(25)21-15-8-6-4-5-7-9-15/h10-11,14-15H,4-9,12-13H2,1-3H3,(H,21,25). The van der Waals surface area contributed by atoms with Gasteiger partial charge in [-0.2, -0.15) is 0 Å². The molecule has 7 nitrogen and oxygen atoms in total. The van der Waals surface area contributed by atoms with Gasteiger partial charge >= 0.3 is 0 Å². The minimum absolute atomic E-state index is 0.0647. The summed E-state index contributed by atoms with van der Waals surface area (Å²) in [6, 6.07) is 5.27. The average Bonchev–Trinajstić information content (AvgIpc) is 2.81. The Hall–Kier alpha value is -1.93. The molecule has 1 N–H and O–H groups in total. The maximum atomic E-state index is 12.4. The lowest BCUT2D eigenvalue weighted by atomic mass is 10.1. The minimum Gasteiger partial charge on any atom is -0.353 e. The predicted molar refractivity (Wildman–Crippen MR) is 110 cm³/mol. The second-order valence-corrected chi connectivity index (χ2v) is 9.93. The first-order valence-electron chi connectivity index (χ1n) is 9.96. The highest BCUT2D eigenvalue weighted by molar-refractivity contribution is 7.89. The van der Waals surface area contributed by atoms with E-state index in [-0.39, 0.29) is 10.8 Å². The summed E-state index contributed by atoms with van der Waals surface area (Å²) >= 11 is 0.